The fraction of sp³-hybridized carbons (Fsp3) is 0.300. The SMILES string of the molecule is NC1(c2cnc3ccoc3c2)CC1. The van der Waals surface area contributed by atoms with Gasteiger partial charge in [-0.25, -0.2) is 0 Å². The summed E-state index contributed by atoms with van der Waals surface area (Å²) in [6, 6.07) is 3.85. The molecule has 66 valence electrons. The number of nitrogens with two attached hydrogens (primary N) is 1. The third-order valence-corrected chi connectivity index (χ3v) is 2.67. The molecule has 0 radical (unpaired) electrons. The Balaban J connectivity index is 2.20. The molecule has 3 heteroatoms. The third-order valence-electron chi connectivity index (χ3n) is 2.67. The summed E-state index contributed by atoms with van der Waals surface area (Å²) >= 11 is 0. The van der Waals surface area contributed by atoms with Crippen molar-refractivity contribution in [2.24, 2.45) is 5.73 Å². The monoisotopic (exact) mass is 174 g/mol. The van der Waals surface area contributed by atoms with Crippen LogP contribution in [0.2, 0.25) is 0 Å². The van der Waals surface area contributed by atoms with E-state index in [1.807, 2.05) is 18.3 Å². The van der Waals surface area contributed by atoms with Crippen molar-refractivity contribution >= 4 is 11.1 Å². The number of aromatic nitrogens is 1. The van der Waals surface area contributed by atoms with Crippen LogP contribution in [0.1, 0.15) is 18.4 Å². The second-order valence-corrected chi connectivity index (χ2v) is 3.68. The molecule has 0 spiro atoms. The molecule has 1 aliphatic rings. The Morgan fingerprint density at radius 3 is 3.08 bits per heavy atom. The second kappa shape index (κ2) is 2.12. The zero-order chi connectivity index (χ0) is 8.89. The van der Waals surface area contributed by atoms with Gasteiger partial charge < -0.3 is 10.2 Å². The first-order valence-electron chi connectivity index (χ1n) is 4.41. The van der Waals surface area contributed by atoms with Crippen molar-refractivity contribution in [1.82, 2.24) is 4.98 Å². The van der Waals surface area contributed by atoms with Gasteiger partial charge in [-0.3, -0.25) is 4.98 Å². The van der Waals surface area contributed by atoms with Crippen LogP contribution in [0.15, 0.2) is 29.0 Å². The first-order valence-corrected chi connectivity index (χ1v) is 4.41. The molecule has 3 nitrogen and oxygen atoms in total. The van der Waals surface area contributed by atoms with Gasteiger partial charge in [0.2, 0.25) is 0 Å². The highest BCUT2D eigenvalue weighted by Gasteiger charge is 2.40. The Labute approximate surface area is 75.6 Å². The molecule has 0 amide bonds. The van der Waals surface area contributed by atoms with Crippen molar-refractivity contribution in [3.63, 3.8) is 0 Å². The van der Waals surface area contributed by atoms with Crippen LogP contribution in [0, 0.1) is 0 Å². The highest BCUT2D eigenvalue weighted by molar-refractivity contribution is 5.72. The van der Waals surface area contributed by atoms with Crippen LogP contribution in [0.25, 0.3) is 11.1 Å². The highest BCUT2D eigenvalue weighted by atomic mass is 16.3. The topological polar surface area (TPSA) is 52.0 Å². The quantitative estimate of drug-likeness (QED) is 0.716. The number of hydrogen-bond donors (Lipinski definition) is 1. The number of pyridine rings is 1. The van der Waals surface area contributed by atoms with Crippen molar-refractivity contribution in [3.8, 4) is 0 Å². The molecule has 2 heterocycles. The van der Waals surface area contributed by atoms with Crippen LogP contribution < -0.4 is 5.73 Å². The average molecular weight is 174 g/mol. The van der Waals surface area contributed by atoms with Crippen LogP contribution in [-0.2, 0) is 5.54 Å². The zero-order valence-electron chi connectivity index (χ0n) is 7.16. The van der Waals surface area contributed by atoms with Crippen molar-refractivity contribution in [1.29, 1.82) is 0 Å². The molecular formula is C10H10N2O. The summed E-state index contributed by atoms with van der Waals surface area (Å²) in [5.74, 6) is 0. The lowest BCUT2D eigenvalue weighted by atomic mass is 10.1. The summed E-state index contributed by atoms with van der Waals surface area (Å²) in [7, 11) is 0. The lowest BCUT2D eigenvalue weighted by Crippen LogP contribution is -2.18. The van der Waals surface area contributed by atoms with E-state index in [9.17, 15) is 0 Å². The Hall–Kier alpha value is -1.35. The van der Waals surface area contributed by atoms with E-state index in [0.717, 1.165) is 29.5 Å². The largest absolute Gasteiger partial charge is 0.463 e. The van der Waals surface area contributed by atoms with Crippen LogP contribution in [0.5, 0.6) is 0 Å². The molecule has 13 heavy (non-hydrogen) atoms. The fourth-order valence-corrected chi connectivity index (χ4v) is 1.54. The first kappa shape index (κ1) is 7.09. The molecule has 0 bridgehead atoms. The third kappa shape index (κ3) is 0.971. The van der Waals surface area contributed by atoms with E-state index in [2.05, 4.69) is 4.98 Å². The van der Waals surface area contributed by atoms with Gasteiger partial charge in [0.25, 0.3) is 0 Å². The molecule has 0 aliphatic heterocycles. The van der Waals surface area contributed by atoms with E-state index < -0.39 is 0 Å². The summed E-state index contributed by atoms with van der Waals surface area (Å²) in [6.07, 6.45) is 5.62. The number of furan rings is 1. The van der Waals surface area contributed by atoms with Crippen LogP contribution in [0.4, 0.5) is 0 Å². The molecule has 1 aliphatic carbocycles. The molecule has 0 aromatic carbocycles. The van der Waals surface area contributed by atoms with Gasteiger partial charge in [0.15, 0.2) is 5.58 Å². The molecule has 2 N–H and O–H groups in total. The molecule has 1 fully saturated rings. The summed E-state index contributed by atoms with van der Waals surface area (Å²) in [4.78, 5) is 4.27. The average Bonchev–Trinajstić information content (AvgIpc) is 2.74. The van der Waals surface area contributed by atoms with Crippen molar-refractivity contribution in [3.05, 3.63) is 30.2 Å². The van der Waals surface area contributed by atoms with Gasteiger partial charge in [-0.15, -0.1) is 0 Å². The summed E-state index contributed by atoms with van der Waals surface area (Å²) in [5.41, 5.74) is 8.75. The second-order valence-electron chi connectivity index (χ2n) is 3.68. The van der Waals surface area contributed by atoms with Crippen molar-refractivity contribution < 1.29 is 4.42 Å². The lowest BCUT2D eigenvalue weighted by molar-refractivity contribution is 0.613. The standard InChI is InChI=1S/C10H10N2O/c11-10(2-3-10)7-5-9-8(12-6-7)1-4-13-9/h1,4-6H,2-3,11H2. The normalized spacial score (nSPS) is 19.2. The van der Waals surface area contributed by atoms with Gasteiger partial charge in [-0.05, 0) is 24.5 Å². The Morgan fingerprint density at radius 2 is 2.31 bits per heavy atom. The molecule has 0 saturated heterocycles. The minimum Gasteiger partial charge on any atom is -0.463 e. The fourth-order valence-electron chi connectivity index (χ4n) is 1.54. The number of fused-ring (bicyclic) bond motifs is 1. The maximum atomic E-state index is 6.05. The van der Waals surface area contributed by atoms with Gasteiger partial charge in [0.1, 0.15) is 5.52 Å². The molecular weight excluding hydrogens is 164 g/mol. The predicted molar refractivity (Wildman–Crippen MR) is 49.1 cm³/mol. The maximum absolute atomic E-state index is 6.05. The van der Waals surface area contributed by atoms with E-state index in [1.165, 1.54) is 0 Å². The van der Waals surface area contributed by atoms with Gasteiger partial charge in [-0.2, -0.15) is 0 Å². The minimum absolute atomic E-state index is 0.117. The number of hydrogen-bond acceptors (Lipinski definition) is 3. The van der Waals surface area contributed by atoms with Gasteiger partial charge in [-0.1, -0.05) is 0 Å². The summed E-state index contributed by atoms with van der Waals surface area (Å²) in [6.45, 7) is 0. The van der Waals surface area contributed by atoms with Gasteiger partial charge >= 0.3 is 0 Å². The van der Waals surface area contributed by atoms with Crippen LogP contribution in [0.3, 0.4) is 0 Å². The maximum Gasteiger partial charge on any atom is 0.152 e. The summed E-state index contributed by atoms with van der Waals surface area (Å²) in [5, 5.41) is 0. The Kier molecular flexibility index (Phi) is 1.15. The minimum atomic E-state index is -0.117. The van der Waals surface area contributed by atoms with E-state index in [4.69, 9.17) is 10.2 Å². The molecule has 2 aromatic heterocycles. The summed E-state index contributed by atoms with van der Waals surface area (Å²) < 4.78 is 5.26. The van der Waals surface area contributed by atoms with Crippen molar-refractivity contribution in [2.45, 2.75) is 18.4 Å². The van der Waals surface area contributed by atoms with Crippen molar-refractivity contribution in [2.75, 3.05) is 0 Å². The van der Waals surface area contributed by atoms with Gasteiger partial charge in [0.05, 0.1) is 6.26 Å². The Bertz CT molecular complexity index is 457. The number of nitrogens with zero attached hydrogens (tertiary/aromatic N) is 1. The molecule has 1 saturated carbocycles. The van der Waals surface area contributed by atoms with Gasteiger partial charge in [0, 0.05) is 17.8 Å². The zero-order valence-corrected chi connectivity index (χ0v) is 7.16. The van der Waals surface area contributed by atoms with E-state index in [-0.39, 0.29) is 5.54 Å². The number of rotatable bonds is 1. The molecule has 2 aromatic rings. The van der Waals surface area contributed by atoms with E-state index in [1.54, 1.807) is 6.26 Å². The first-order chi connectivity index (χ1) is 6.28. The molecule has 0 atom stereocenters. The molecule has 3 rings (SSSR count). The van der Waals surface area contributed by atoms with Crippen LogP contribution >= 0.6 is 0 Å². The van der Waals surface area contributed by atoms with Crippen LogP contribution in [-0.4, -0.2) is 4.98 Å². The Morgan fingerprint density at radius 1 is 1.46 bits per heavy atom. The van der Waals surface area contributed by atoms with E-state index in [0.29, 0.717) is 0 Å². The predicted octanol–water partition coefficient (Wildman–Crippen LogP) is 1.78. The van der Waals surface area contributed by atoms with E-state index >= 15 is 0 Å². The smallest absolute Gasteiger partial charge is 0.152 e. The molecule has 0 unspecified atom stereocenters. The lowest BCUT2D eigenvalue weighted by Gasteiger charge is -2.06. The highest BCUT2D eigenvalue weighted by Crippen LogP contribution is 2.42.